The zero-order valence-corrected chi connectivity index (χ0v) is 72.0. The van der Waals surface area contributed by atoms with Crippen molar-refractivity contribution >= 4 is 98.0 Å². The van der Waals surface area contributed by atoms with Crippen LogP contribution < -0.4 is 28.4 Å². The molecule has 2 aliphatic rings. The Labute approximate surface area is 633 Å². The van der Waals surface area contributed by atoms with Crippen LogP contribution in [-0.4, -0.2) is 76.1 Å². The van der Waals surface area contributed by atoms with E-state index in [1.54, 1.807) is 21.3 Å². The molecule has 10 nitrogen and oxygen atoms in total. The topological polar surface area (TPSA) is 92.3 Å². The molecule has 100 heavy (non-hydrogen) atoms. The van der Waals surface area contributed by atoms with Crippen LogP contribution in [0.2, 0.25) is 0 Å². The number of hydrogen-bond donors (Lipinski definition) is 0. The van der Waals surface area contributed by atoms with Crippen LogP contribution in [0.25, 0.3) is 70.3 Å². The van der Waals surface area contributed by atoms with Gasteiger partial charge in [0.1, 0.15) is 34.5 Å². The van der Waals surface area contributed by atoms with Crippen molar-refractivity contribution < 1.29 is 47.0 Å². The van der Waals surface area contributed by atoms with Gasteiger partial charge in [-0.3, -0.25) is 0 Å². The molecule has 2 saturated heterocycles. The lowest BCUT2D eigenvalue weighted by molar-refractivity contribution is 0.00578. The predicted molar refractivity (Wildman–Crippen MR) is 440 cm³/mol. The number of benzene rings is 3. The van der Waals surface area contributed by atoms with E-state index in [1.807, 2.05) is 180 Å². The fourth-order valence-corrected chi connectivity index (χ4v) is 21.3. The molecule has 0 amide bonds. The summed E-state index contributed by atoms with van der Waals surface area (Å²) < 4.78 is 61.3. The van der Waals surface area contributed by atoms with Gasteiger partial charge >= 0.3 is 14.0 Å². The largest absolute Gasteiger partial charge is 0.496 e. The minimum atomic E-state index is -0.476. The summed E-state index contributed by atoms with van der Waals surface area (Å²) in [5.41, 5.74) is 17.5. The van der Waals surface area contributed by atoms with Gasteiger partial charge in [0.2, 0.25) is 0 Å². The fraction of sp³-hybridized carbons (Fsp3) is 0.469. The van der Waals surface area contributed by atoms with Gasteiger partial charge in [-0.15, -0.1) is 68.0 Å². The third-order valence-corrected chi connectivity index (χ3v) is 29.6. The summed E-state index contributed by atoms with van der Waals surface area (Å²) in [6.07, 6.45) is 0.226. The van der Waals surface area contributed by atoms with Crippen LogP contribution >= 0.6 is 84.0 Å². The Morgan fingerprint density at radius 1 is 0.310 bits per heavy atom. The van der Waals surface area contributed by atoms with Crippen molar-refractivity contribution in [1.29, 1.82) is 0 Å². The van der Waals surface area contributed by atoms with Gasteiger partial charge in [0.15, 0.2) is 0 Å². The first kappa shape index (κ1) is 82.4. The first-order valence-electron chi connectivity index (χ1n) is 34.3. The Balaban J connectivity index is 0.000000242. The summed E-state index contributed by atoms with van der Waals surface area (Å²) in [6, 6.07) is 18.2. The molecule has 3 aromatic carbocycles. The molecule has 19 heteroatoms. The van der Waals surface area contributed by atoms with E-state index in [1.165, 1.54) is 124 Å². The minimum Gasteiger partial charge on any atom is -0.496 e. The van der Waals surface area contributed by atoms with Crippen molar-refractivity contribution in [2.45, 2.75) is 235 Å². The number of halogens is 1. The molecule has 11 rings (SSSR count). The molecule has 0 N–H and O–H groups in total. The van der Waals surface area contributed by atoms with E-state index in [4.69, 9.17) is 47.0 Å². The van der Waals surface area contributed by atoms with E-state index in [-0.39, 0.29) is 48.1 Å². The van der Waals surface area contributed by atoms with Crippen LogP contribution in [0.4, 0.5) is 0 Å². The van der Waals surface area contributed by atoms with Gasteiger partial charge < -0.3 is 54.5 Å². The highest BCUT2D eigenvalue weighted by atomic mass is 79.9. The second kappa shape index (κ2) is 32.6. The van der Waals surface area contributed by atoms with Crippen LogP contribution in [0.1, 0.15) is 178 Å². The van der Waals surface area contributed by atoms with Crippen LogP contribution in [0.5, 0.6) is 34.5 Å². The van der Waals surface area contributed by atoms with Crippen LogP contribution in [0.3, 0.4) is 0 Å². The molecule has 542 valence electrons. The molecular weight excluding hydrogens is 1430 g/mol. The molecule has 0 atom stereocenters. The smallest absolute Gasteiger partial charge is 0.488 e. The zero-order chi connectivity index (χ0) is 73.6. The van der Waals surface area contributed by atoms with Crippen LogP contribution in [0.15, 0.2) is 58.4 Å². The minimum absolute atomic E-state index is 0. The van der Waals surface area contributed by atoms with Gasteiger partial charge in [-0.25, -0.2) is 0 Å². The molecule has 0 spiro atoms. The molecule has 0 unspecified atom stereocenters. The van der Waals surface area contributed by atoms with E-state index in [9.17, 15) is 0 Å². The van der Waals surface area contributed by atoms with Crippen molar-refractivity contribution in [3.8, 4) is 105 Å². The van der Waals surface area contributed by atoms with Crippen molar-refractivity contribution in [3.05, 3.63) is 133 Å². The lowest BCUT2D eigenvalue weighted by atomic mass is 9.49. The van der Waals surface area contributed by atoms with Gasteiger partial charge in [0, 0.05) is 53.6 Å². The van der Waals surface area contributed by atoms with Crippen LogP contribution in [-0.2, 0) is 18.6 Å². The average molecular weight is 1540 g/mol. The first-order chi connectivity index (χ1) is 46.3. The van der Waals surface area contributed by atoms with Gasteiger partial charge in [-0.2, -0.15) is 0 Å². The molecular formula is C81H108B2BrO10S6-. The molecule has 0 saturated carbocycles. The monoisotopic (exact) mass is 1530 g/mol. The SMILES string of the molecule is CC.CC1(C)OB(B2OC(C)(C)C(C)(C)O2)OC1(C)C.COc1cccc(OC(C)C)c1-c1sc(-c2sc(-c3sc(-c4sc(-c5c(OC)cccc5OC(C)C)c(C)c4C)c(C)c3C)c(C)c2C)c(C)c1C.COc1cccc(OC(C)C)c1-c1sc(-c2sc(Br)c(C)c2C)c(C)c1C.[CH3-]. The summed E-state index contributed by atoms with van der Waals surface area (Å²) in [5.74, 6) is 5.12. The molecule has 9 aromatic rings. The van der Waals surface area contributed by atoms with Crippen molar-refractivity contribution in [2.24, 2.45) is 0 Å². The lowest BCUT2D eigenvalue weighted by Gasteiger charge is -2.32. The molecule has 0 radical (unpaired) electrons. The normalized spacial score (nSPS) is 14.9. The van der Waals surface area contributed by atoms with E-state index in [0.29, 0.717) is 0 Å². The third-order valence-electron chi connectivity index (χ3n) is 19.6. The number of ether oxygens (including phenoxy) is 6. The summed E-state index contributed by atoms with van der Waals surface area (Å²) in [7, 11) is 4.25. The molecule has 2 fully saturated rings. The van der Waals surface area contributed by atoms with E-state index < -0.39 is 14.0 Å². The molecule has 0 aliphatic carbocycles. The maximum atomic E-state index is 6.31. The number of methoxy groups -OCH3 is 3. The standard InChI is InChI=1S/C44H50O4S4.C22H25BrO2S2.C12H24B2O4.C2H6.CH3/c1-21(2)47-33-19-15-17-31(45-13)35(33)37-23(5)25(7)39(49-37)41-27(9)29(11)43(51-41)44-30(12)28(10)42(52-44)40-26(8)24(6)38(50-40)36-32(46-14)18-16-20-34(36)48-22(3)4;1-11(2)25-17-10-8-9-16(24-7)18(17)19-12(3)13(4)20(26-19)21-14(5)15(6)22(23)27-21;1-9(2)10(3,4)16-13(15-9)14-17-11(5,6)12(7,8)18-14;1-2;/h15-22H,1-14H3;8-11H,1-7H3;1-8H3;1-2H3;1H3/q;;;;-1. The fourth-order valence-electron chi connectivity index (χ4n) is 11.8. The second-order valence-electron chi connectivity index (χ2n) is 28.3. The average Bonchev–Trinajstić information content (AvgIpc) is 1.60. The van der Waals surface area contributed by atoms with Crippen LogP contribution in [0, 0.1) is 90.5 Å². The lowest BCUT2D eigenvalue weighted by Crippen LogP contribution is -2.41. The maximum Gasteiger partial charge on any atom is 0.488 e. The highest BCUT2D eigenvalue weighted by Crippen LogP contribution is 2.57. The molecule has 0 bridgehead atoms. The second-order valence-corrected chi connectivity index (χ2v) is 35.7. The van der Waals surface area contributed by atoms with Gasteiger partial charge in [0.05, 0.1) is 82.5 Å². The molecule has 6 aromatic heterocycles. The first-order valence-corrected chi connectivity index (χ1v) is 40.0. The Morgan fingerprint density at radius 3 is 0.680 bits per heavy atom. The van der Waals surface area contributed by atoms with Gasteiger partial charge in [-0.1, -0.05) is 32.0 Å². The number of rotatable bonds is 17. The highest BCUT2D eigenvalue weighted by molar-refractivity contribution is 9.11. The van der Waals surface area contributed by atoms with Crippen molar-refractivity contribution in [1.82, 2.24) is 0 Å². The highest BCUT2D eigenvalue weighted by Gasteiger charge is 2.64. The predicted octanol–water partition coefficient (Wildman–Crippen LogP) is 26.0. The quantitative estimate of drug-likeness (QED) is 0.0648. The Kier molecular flexibility index (Phi) is 26.9. The van der Waals surface area contributed by atoms with Crippen molar-refractivity contribution in [2.75, 3.05) is 21.3 Å². The van der Waals surface area contributed by atoms with Gasteiger partial charge in [0.25, 0.3) is 0 Å². The zero-order valence-electron chi connectivity index (χ0n) is 65.5. The van der Waals surface area contributed by atoms with E-state index >= 15 is 0 Å². The Bertz CT molecular complexity index is 4130. The summed E-state index contributed by atoms with van der Waals surface area (Å²) in [5, 5.41) is 0. The van der Waals surface area contributed by atoms with E-state index in [2.05, 4.69) is 153 Å². The maximum absolute atomic E-state index is 6.31. The number of hydrogen-bond acceptors (Lipinski definition) is 16. The Morgan fingerprint density at radius 2 is 0.490 bits per heavy atom. The molecule has 8 heterocycles. The summed E-state index contributed by atoms with van der Waals surface area (Å²) in [6.45, 7) is 59.5. The molecule has 2 aliphatic heterocycles. The summed E-state index contributed by atoms with van der Waals surface area (Å²) in [4.78, 5) is 14.4. The van der Waals surface area contributed by atoms with Crippen molar-refractivity contribution in [3.63, 3.8) is 0 Å². The van der Waals surface area contributed by atoms with E-state index in [0.717, 1.165) is 51.2 Å². The van der Waals surface area contributed by atoms with Gasteiger partial charge in [-0.05, 0) is 299 Å². The third kappa shape index (κ3) is 16.2. The number of thiophene rings is 6. The summed E-state index contributed by atoms with van der Waals surface area (Å²) >= 11 is 14.9. The Hall–Kier alpha value is -4.89.